The van der Waals surface area contributed by atoms with Crippen molar-refractivity contribution in [2.45, 2.75) is 104 Å². The van der Waals surface area contributed by atoms with E-state index in [4.69, 9.17) is 25.7 Å². The molecule has 1 heterocycles. The Balaban J connectivity index is 0.00000110. The molecule has 0 aromatic carbocycles. The zero-order valence-electron chi connectivity index (χ0n) is 19.0. The molecule has 31 heavy (non-hydrogen) atoms. The van der Waals surface area contributed by atoms with Gasteiger partial charge in [-0.1, -0.05) is 32.6 Å². The quantitative estimate of drug-likeness (QED) is 0.379. The standard InChI is InChI=1S/C17H26O7.C5H10O2/c1-4-7-9-12(18)23-16-14(20)11(6-3)22-17(15(16)21)24-13(19)10-8-5-2;1-5(2,3)4(6)7/h3,11,14-17,20-21H,4-5,7-10H2,1-2H3;1-3H3,(H,6,7)/t11-,14+,15-,16+,17+;/m0./s1. The largest absolute Gasteiger partial charge is 0.481 e. The summed E-state index contributed by atoms with van der Waals surface area (Å²) < 4.78 is 15.4. The van der Waals surface area contributed by atoms with Crippen molar-refractivity contribution in [1.82, 2.24) is 0 Å². The van der Waals surface area contributed by atoms with Crippen LogP contribution in [0.2, 0.25) is 0 Å². The van der Waals surface area contributed by atoms with E-state index in [1.807, 2.05) is 13.8 Å². The van der Waals surface area contributed by atoms with E-state index in [2.05, 4.69) is 5.92 Å². The minimum absolute atomic E-state index is 0.162. The molecule has 0 radical (unpaired) electrons. The summed E-state index contributed by atoms with van der Waals surface area (Å²) in [4.78, 5) is 33.5. The third kappa shape index (κ3) is 10.6. The predicted molar refractivity (Wildman–Crippen MR) is 112 cm³/mol. The second-order valence-electron chi connectivity index (χ2n) is 8.28. The zero-order chi connectivity index (χ0) is 24.2. The summed E-state index contributed by atoms with van der Waals surface area (Å²) in [6.45, 7) is 8.83. The van der Waals surface area contributed by atoms with Crippen molar-refractivity contribution in [2.75, 3.05) is 0 Å². The van der Waals surface area contributed by atoms with Gasteiger partial charge in [-0.2, -0.15) is 0 Å². The molecule has 9 nitrogen and oxygen atoms in total. The van der Waals surface area contributed by atoms with Crippen LogP contribution in [-0.4, -0.2) is 63.9 Å². The molecule has 178 valence electrons. The van der Waals surface area contributed by atoms with Crippen LogP contribution in [-0.2, 0) is 28.6 Å². The lowest BCUT2D eigenvalue weighted by Crippen LogP contribution is -2.59. The molecule has 1 saturated heterocycles. The second-order valence-corrected chi connectivity index (χ2v) is 8.28. The van der Waals surface area contributed by atoms with Crippen molar-refractivity contribution < 1.29 is 43.9 Å². The molecule has 1 aliphatic heterocycles. The molecule has 3 N–H and O–H groups in total. The van der Waals surface area contributed by atoms with E-state index in [0.29, 0.717) is 12.8 Å². The number of unbranched alkanes of at least 4 members (excludes halogenated alkanes) is 2. The highest BCUT2D eigenvalue weighted by Crippen LogP contribution is 2.25. The molecule has 9 heteroatoms. The summed E-state index contributed by atoms with van der Waals surface area (Å²) >= 11 is 0. The number of esters is 2. The van der Waals surface area contributed by atoms with Crippen molar-refractivity contribution in [3.05, 3.63) is 0 Å². The summed E-state index contributed by atoms with van der Waals surface area (Å²) in [6.07, 6.45) is 1.74. The number of carboxylic acid groups (broad SMARTS) is 1. The average molecular weight is 445 g/mol. The first-order valence-electron chi connectivity index (χ1n) is 10.5. The fourth-order valence-electron chi connectivity index (χ4n) is 2.25. The van der Waals surface area contributed by atoms with Gasteiger partial charge in [-0.15, -0.1) is 6.42 Å². The van der Waals surface area contributed by atoms with Crippen LogP contribution in [0.3, 0.4) is 0 Å². The number of ether oxygens (including phenoxy) is 3. The maximum atomic E-state index is 11.8. The Morgan fingerprint density at radius 2 is 1.42 bits per heavy atom. The normalized spacial score (nSPS) is 25.4. The lowest BCUT2D eigenvalue weighted by molar-refractivity contribution is -0.280. The summed E-state index contributed by atoms with van der Waals surface area (Å²) in [5, 5.41) is 28.6. The Morgan fingerprint density at radius 3 is 1.81 bits per heavy atom. The van der Waals surface area contributed by atoms with Gasteiger partial charge in [-0.25, -0.2) is 0 Å². The van der Waals surface area contributed by atoms with Crippen LogP contribution in [0.4, 0.5) is 0 Å². The van der Waals surface area contributed by atoms with Gasteiger partial charge in [0.1, 0.15) is 6.10 Å². The minimum Gasteiger partial charge on any atom is -0.481 e. The van der Waals surface area contributed by atoms with Crippen LogP contribution in [0.1, 0.15) is 73.1 Å². The van der Waals surface area contributed by atoms with Gasteiger partial charge in [-0.05, 0) is 33.6 Å². The van der Waals surface area contributed by atoms with Crippen LogP contribution in [0, 0.1) is 17.8 Å². The van der Waals surface area contributed by atoms with E-state index in [9.17, 15) is 24.6 Å². The number of aliphatic carboxylic acids is 1. The van der Waals surface area contributed by atoms with Crippen LogP contribution >= 0.6 is 0 Å². The van der Waals surface area contributed by atoms with Crippen LogP contribution in [0.5, 0.6) is 0 Å². The highest BCUT2D eigenvalue weighted by Gasteiger charge is 2.48. The van der Waals surface area contributed by atoms with Gasteiger partial charge >= 0.3 is 17.9 Å². The molecule has 1 aliphatic rings. The van der Waals surface area contributed by atoms with Crippen molar-refractivity contribution in [3.63, 3.8) is 0 Å². The number of aliphatic hydroxyl groups is 2. The van der Waals surface area contributed by atoms with Gasteiger partial charge in [0.2, 0.25) is 6.29 Å². The highest BCUT2D eigenvalue weighted by molar-refractivity contribution is 5.72. The Labute approximate surface area is 184 Å². The molecule has 0 aliphatic carbocycles. The summed E-state index contributed by atoms with van der Waals surface area (Å²) in [7, 11) is 0. The van der Waals surface area contributed by atoms with E-state index in [-0.39, 0.29) is 12.8 Å². The van der Waals surface area contributed by atoms with E-state index >= 15 is 0 Å². The van der Waals surface area contributed by atoms with Gasteiger partial charge in [0, 0.05) is 12.8 Å². The maximum Gasteiger partial charge on any atom is 0.308 e. The molecule has 0 saturated carbocycles. The number of hydrogen-bond donors (Lipinski definition) is 3. The third-order valence-corrected chi connectivity index (χ3v) is 4.33. The van der Waals surface area contributed by atoms with Crippen molar-refractivity contribution >= 4 is 17.9 Å². The predicted octanol–water partition coefficient (Wildman–Crippen LogP) is 2.02. The molecule has 1 rings (SSSR count). The average Bonchev–Trinajstić information content (AvgIpc) is 2.69. The Kier molecular flexibility index (Phi) is 13.0. The van der Waals surface area contributed by atoms with E-state index < -0.39 is 54.0 Å². The summed E-state index contributed by atoms with van der Waals surface area (Å²) in [6, 6.07) is 0. The first kappa shape index (κ1) is 28.9. The topological polar surface area (TPSA) is 140 Å². The van der Waals surface area contributed by atoms with Crippen molar-refractivity contribution in [1.29, 1.82) is 0 Å². The first-order valence-corrected chi connectivity index (χ1v) is 10.5. The number of aliphatic hydroxyl groups excluding tert-OH is 2. The number of rotatable bonds is 8. The monoisotopic (exact) mass is 444 g/mol. The molecule has 0 amide bonds. The molecule has 0 aromatic rings. The lowest BCUT2D eigenvalue weighted by Gasteiger charge is -2.39. The molecular formula is C22H36O9. The van der Waals surface area contributed by atoms with Gasteiger partial charge in [-0.3, -0.25) is 14.4 Å². The summed E-state index contributed by atoms with van der Waals surface area (Å²) in [5.74, 6) is 0.331. The van der Waals surface area contributed by atoms with E-state index in [0.717, 1.165) is 12.8 Å². The van der Waals surface area contributed by atoms with Crippen molar-refractivity contribution in [3.8, 4) is 12.3 Å². The second kappa shape index (κ2) is 14.0. The molecule has 0 unspecified atom stereocenters. The smallest absolute Gasteiger partial charge is 0.308 e. The molecular weight excluding hydrogens is 408 g/mol. The lowest BCUT2D eigenvalue weighted by atomic mass is 9.98. The van der Waals surface area contributed by atoms with Crippen LogP contribution in [0.15, 0.2) is 0 Å². The third-order valence-electron chi connectivity index (χ3n) is 4.33. The van der Waals surface area contributed by atoms with E-state index in [1.54, 1.807) is 20.8 Å². The molecule has 0 spiro atoms. The van der Waals surface area contributed by atoms with Gasteiger partial charge in [0.15, 0.2) is 18.3 Å². The number of carbonyl (C=O) groups is 3. The molecule has 0 bridgehead atoms. The van der Waals surface area contributed by atoms with Crippen molar-refractivity contribution in [2.24, 2.45) is 5.41 Å². The molecule has 1 fully saturated rings. The zero-order valence-corrected chi connectivity index (χ0v) is 19.0. The SMILES string of the molecule is C#C[C@@H]1O[C@H](OC(=O)CCCC)[C@@H](O)[C@H](OC(=O)CCCC)[C@@H]1O.CC(C)(C)C(=O)O. The minimum atomic E-state index is -1.51. The van der Waals surface area contributed by atoms with Gasteiger partial charge in [0.05, 0.1) is 5.41 Å². The number of carboxylic acids is 1. The van der Waals surface area contributed by atoms with E-state index in [1.165, 1.54) is 0 Å². The summed E-state index contributed by atoms with van der Waals surface area (Å²) in [5.41, 5.74) is -0.583. The first-order chi connectivity index (χ1) is 14.4. The fraction of sp³-hybridized carbons (Fsp3) is 0.773. The Bertz CT molecular complexity index is 617. The van der Waals surface area contributed by atoms with Gasteiger partial charge < -0.3 is 29.5 Å². The number of hydrogen-bond acceptors (Lipinski definition) is 8. The molecule has 0 aromatic heterocycles. The van der Waals surface area contributed by atoms with Crippen LogP contribution < -0.4 is 0 Å². The fourth-order valence-corrected chi connectivity index (χ4v) is 2.25. The van der Waals surface area contributed by atoms with Gasteiger partial charge in [0.25, 0.3) is 0 Å². The maximum absolute atomic E-state index is 11.8. The molecule has 5 atom stereocenters. The Hall–Kier alpha value is -2.15. The van der Waals surface area contributed by atoms with Crippen LogP contribution in [0.25, 0.3) is 0 Å². The number of carbonyl (C=O) groups excluding carboxylic acids is 2. The Morgan fingerprint density at radius 1 is 0.968 bits per heavy atom. The highest BCUT2D eigenvalue weighted by atomic mass is 16.7. The number of terminal acetylenes is 1.